The predicted octanol–water partition coefficient (Wildman–Crippen LogP) is 4.06. The fourth-order valence-corrected chi connectivity index (χ4v) is 1.67. The summed E-state index contributed by atoms with van der Waals surface area (Å²) >= 11 is 0. The first kappa shape index (κ1) is 9.26. The zero-order valence-electron chi connectivity index (χ0n) is 8.83. The summed E-state index contributed by atoms with van der Waals surface area (Å²) in [6, 6.07) is 10.6. The minimum atomic E-state index is 0.332. The molecule has 0 bridgehead atoms. The third-order valence-electron chi connectivity index (χ3n) is 2.67. The highest BCUT2D eigenvalue weighted by atomic mass is 14.2. The van der Waals surface area contributed by atoms with Crippen molar-refractivity contribution in [3.8, 4) is 0 Å². The van der Waals surface area contributed by atoms with Gasteiger partial charge in [-0.25, -0.2) is 0 Å². The lowest BCUT2D eigenvalue weighted by atomic mass is 9.83. The quantitative estimate of drug-likeness (QED) is 0.617. The van der Waals surface area contributed by atoms with Gasteiger partial charge < -0.3 is 0 Å². The van der Waals surface area contributed by atoms with E-state index in [-0.39, 0.29) is 0 Å². The van der Waals surface area contributed by atoms with Crippen molar-refractivity contribution in [1.82, 2.24) is 0 Å². The van der Waals surface area contributed by atoms with Crippen LogP contribution in [0.4, 0.5) is 0 Å². The van der Waals surface area contributed by atoms with Gasteiger partial charge in [-0.3, -0.25) is 0 Å². The third kappa shape index (κ3) is 1.95. The molecule has 0 unspecified atom stereocenters. The maximum atomic E-state index is 2.33. The van der Waals surface area contributed by atoms with Gasteiger partial charge in [0.1, 0.15) is 0 Å². The van der Waals surface area contributed by atoms with Gasteiger partial charge in [-0.05, 0) is 23.0 Å². The predicted molar refractivity (Wildman–Crippen MR) is 62.0 cm³/mol. The zero-order valence-corrected chi connectivity index (χ0v) is 8.83. The number of hydrogen-bond acceptors (Lipinski definition) is 0. The topological polar surface area (TPSA) is 0 Å². The molecule has 1 aromatic rings. The largest absolute Gasteiger partial charge is 0.0779 e. The second-order valence-electron chi connectivity index (χ2n) is 4.55. The normalized spacial score (nSPS) is 19.1. The number of rotatable bonds is 1. The third-order valence-corrected chi connectivity index (χ3v) is 2.67. The van der Waals surface area contributed by atoms with Gasteiger partial charge in [-0.1, -0.05) is 62.4 Å². The van der Waals surface area contributed by atoms with Crippen molar-refractivity contribution in [3.05, 3.63) is 54.1 Å². The van der Waals surface area contributed by atoms with E-state index in [1.54, 1.807) is 0 Å². The van der Waals surface area contributed by atoms with Gasteiger partial charge in [0.05, 0.1) is 0 Å². The monoisotopic (exact) mass is 184 g/mol. The van der Waals surface area contributed by atoms with E-state index >= 15 is 0 Å². The minimum absolute atomic E-state index is 0.332. The van der Waals surface area contributed by atoms with Crippen molar-refractivity contribution < 1.29 is 0 Å². The molecule has 0 heteroatoms. The molecule has 14 heavy (non-hydrogen) atoms. The van der Waals surface area contributed by atoms with Crippen molar-refractivity contribution >= 4 is 5.57 Å². The van der Waals surface area contributed by atoms with Crippen molar-refractivity contribution in [1.29, 1.82) is 0 Å². The van der Waals surface area contributed by atoms with Crippen LogP contribution in [0.25, 0.3) is 5.57 Å². The first-order valence-electron chi connectivity index (χ1n) is 5.12. The molecule has 0 heterocycles. The lowest BCUT2D eigenvalue weighted by Gasteiger charge is -2.22. The van der Waals surface area contributed by atoms with E-state index in [1.807, 2.05) is 0 Å². The molecule has 1 aliphatic carbocycles. The van der Waals surface area contributed by atoms with Crippen LogP contribution in [0.5, 0.6) is 0 Å². The van der Waals surface area contributed by atoms with Gasteiger partial charge in [-0.15, -0.1) is 0 Å². The van der Waals surface area contributed by atoms with Crippen molar-refractivity contribution in [3.63, 3.8) is 0 Å². The standard InChI is InChI=1S/C14H16/c1-14(2)10-8-13(9-11-14)12-6-4-3-5-7-12/h3-10H,11H2,1-2H3. The molecule has 0 N–H and O–H groups in total. The first-order valence-corrected chi connectivity index (χ1v) is 5.12. The zero-order chi connectivity index (χ0) is 10.0. The van der Waals surface area contributed by atoms with Gasteiger partial charge in [-0.2, -0.15) is 0 Å². The van der Waals surface area contributed by atoms with Crippen molar-refractivity contribution in [2.75, 3.05) is 0 Å². The molecule has 0 spiro atoms. The van der Waals surface area contributed by atoms with Gasteiger partial charge in [0.15, 0.2) is 0 Å². The summed E-state index contributed by atoms with van der Waals surface area (Å²) in [5.41, 5.74) is 3.00. The lowest BCUT2D eigenvalue weighted by molar-refractivity contribution is 0.485. The molecule has 72 valence electrons. The maximum Gasteiger partial charge on any atom is -0.0137 e. The summed E-state index contributed by atoms with van der Waals surface area (Å²) < 4.78 is 0. The Morgan fingerprint density at radius 1 is 1.07 bits per heavy atom. The van der Waals surface area contributed by atoms with Crippen LogP contribution in [0, 0.1) is 5.41 Å². The highest BCUT2D eigenvalue weighted by Crippen LogP contribution is 2.31. The average molecular weight is 184 g/mol. The average Bonchev–Trinajstić information content (AvgIpc) is 2.19. The van der Waals surface area contributed by atoms with E-state index in [0.29, 0.717) is 5.41 Å². The number of hydrogen-bond donors (Lipinski definition) is 0. The molecular formula is C14H16. The minimum Gasteiger partial charge on any atom is -0.0779 e. The summed E-state index contributed by atoms with van der Waals surface area (Å²) in [7, 11) is 0. The van der Waals surface area contributed by atoms with Crippen LogP contribution in [0.3, 0.4) is 0 Å². The Kier molecular flexibility index (Phi) is 2.28. The highest BCUT2D eigenvalue weighted by Gasteiger charge is 2.15. The number of benzene rings is 1. The van der Waals surface area contributed by atoms with E-state index < -0.39 is 0 Å². The van der Waals surface area contributed by atoms with Crippen LogP contribution in [-0.4, -0.2) is 0 Å². The van der Waals surface area contributed by atoms with E-state index in [0.717, 1.165) is 6.42 Å². The van der Waals surface area contributed by atoms with E-state index in [2.05, 4.69) is 62.4 Å². The van der Waals surface area contributed by atoms with E-state index in [1.165, 1.54) is 11.1 Å². The summed E-state index contributed by atoms with van der Waals surface area (Å²) in [5.74, 6) is 0. The van der Waals surface area contributed by atoms with Gasteiger partial charge in [0.25, 0.3) is 0 Å². The van der Waals surface area contributed by atoms with Crippen LogP contribution in [-0.2, 0) is 0 Å². The molecule has 0 aromatic heterocycles. The SMILES string of the molecule is CC1(C)C=CC(c2ccccc2)=CC1. The van der Waals surface area contributed by atoms with Crippen LogP contribution in [0.15, 0.2) is 48.6 Å². The maximum absolute atomic E-state index is 2.33. The molecule has 0 atom stereocenters. The summed E-state index contributed by atoms with van der Waals surface area (Å²) in [6.07, 6.45) is 8.00. The smallest absolute Gasteiger partial charge is 0.0137 e. The summed E-state index contributed by atoms with van der Waals surface area (Å²) in [5, 5.41) is 0. The van der Waals surface area contributed by atoms with Crippen LogP contribution >= 0.6 is 0 Å². The van der Waals surface area contributed by atoms with Crippen LogP contribution in [0.2, 0.25) is 0 Å². The molecule has 1 aromatic carbocycles. The fourth-order valence-electron chi connectivity index (χ4n) is 1.67. The molecule has 0 saturated carbocycles. The molecule has 0 amide bonds. The second-order valence-corrected chi connectivity index (χ2v) is 4.55. The molecule has 2 rings (SSSR count). The fraction of sp³-hybridized carbons (Fsp3) is 0.286. The Balaban J connectivity index is 2.25. The summed E-state index contributed by atoms with van der Waals surface area (Å²) in [4.78, 5) is 0. The van der Waals surface area contributed by atoms with Crippen molar-refractivity contribution in [2.24, 2.45) is 5.41 Å². The lowest BCUT2D eigenvalue weighted by Crippen LogP contribution is -2.08. The number of allylic oxidation sites excluding steroid dienone is 4. The van der Waals surface area contributed by atoms with Gasteiger partial charge in [0.2, 0.25) is 0 Å². The van der Waals surface area contributed by atoms with Gasteiger partial charge in [0, 0.05) is 0 Å². The molecule has 0 aliphatic heterocycles. The molecule has 0 radical (unpaired) electrons. The molecule has 1 aliphatic rings. The molecule has 0 nitrogen and oxygen atoms in total. The van der Waals surface area contributed by atoms with E-state index in [4.69, 9.17) is 0 Å². The second kappa shape index (κ2) is 3.45. The van der Waals surface area contributed by atoms with Crippen LogP contribution in [0.1, 0.15) is 25.8 Å². The Morgan fingerprint density at radius 2 is 1.79 bits per heavy atom. The Bertz CT molecular complexity index is 366. The van der Waals surface area contributed by atoms with Crippen LogP contribution < -0.4 is 0 Å². The molecule has 0 saturated heterocycles. The summed E-state index contributed by atoms with van der Waals surface area (Å²) in [6.45, 7) is 4.53. The first-order chi connectivity index (χ1) is 6.67. The molecular weight excluding hydrogens is 168 g/mol. The Labute approximate surface area is 86.0 Å². The Hall–Kier alpha value is -1.30. The van der Waals surface area contributed by atoms with Crippen molar-refractivity contribution in [2.45, 2.75) is 20.3 Å². The highest BCUT2D eigenvalue weighted by molar-refractivity contribution is 5.75. The Morgan fingerprint density at radius 3 is 2.36 bits per heavy atom. The van der Waals surface area contributed by atoms with E-state index in [9.17, 15) is 0 Å². The molecule has 0 fully saturated rings. The van der Waals surface area contributed by atoms with Gasteiger partial charge >= 0.3 is 0 Å².